The number of fused-ring (bicyclic) bond motifs is 2. The highest BCUT2D eigenvalue weighted by molar-refractivity contribution is 6.25. The average Bonchev–Trinajstić information content (AvgIpc) is 3.45. The molecule has 2 aromatic heterocycles. The van der Waals surface area contributed by atoms with Crippen LogP contribution in [0.4, 0.5) is 5.69 Å². The lowest BCUT2D eigenvalue weighted by atomic mass is 9.99. The molecule has 2 aliphatic heterocycles. The summed E-state index contributed by atoms with van der Waals surface area (Å²) in [6, 6.07) is 9.42. The number of pyridine rings is 2. The van der Waals surface area contributed by atoms with E-state index < -0.39 is 29.7 Å². The number of nitrogens with zero attached hydrogens (tertiary/aromatic N) is 4. The van der Waals surface area contributed by atoms with Gasteiger partial charge in [0.1, 0.15) is 17.5 Å². The number of benzene rings is 2. The molecule has 1 unspecified atom stereocenters. The van der Waals surface area contributed by atoms with Gasteiger partial charge in [0.05, 0.1) is 69.3 Å². The number of anilines is 1. The number of amides is 5. The first-order valence-corrected chi connectivity index (χ1v) is 18.4. The second kappa shape index (κ2) is 18.2. The van der Waals surface area contributed by atoms with Crippen LogP contribution in [-0.2, 0) is 37.4 Å². The van der Waals surface area contributed by atoms with Crippen molar-refractivity contribution in [3.8, 4) is 22.6 Å². The first-order valence-electron chi connectivity index (χ1n) is 18.4. The van der Waals surface area contributed by atoms with E-state index >= 15 is 0 Å². The summed E-state index contributed by atoms with van der Waals surface area (Å²) in [6.07, 6.45) is 5.12. The summed E-state index contributed by atoms with van der Waals surface area (Å²) in [5, 5.41) is 9.44. The Hall–Kier alpha value is -6.17. The van der Waals surface area contributed by atoms with Crippen LogP contribution in [0.25, 0.3) is 21.9 Å². The molecule has 17 nitrogen and oxygen atoms in total. The van der Waals surface area contributed by atoms with Crippen molar-refractivity contribution in [2.45, 2.75) is 25.4 Å². The first-order chi connectivity index (χ1) is 27.5. The first kappa shape index (κ1) is 40.5. The number of nitrogens with one attached hydrogen (secondary N) is 3. The zero-order chi connectivity index (χ0) is 40.6. The SMILES string of the molecule is COc1cc(-c2cn(C)c(=O)c3cnccc23)cc(OC)c1CN(C)CC(=O)NCCOCCOCCNc1cccc2c1C(=O)N(C1CCC(=O)NC1=O)C2=O. The van der Waals surface area contributed by atoms with Crippen molar-refractivity contribution < 1.29 is 42.9 Å². The highest BCUT2D eigenvalue weighted by Crippen LogP contribution is 2.38. The smallest absolute Gasteiger partial charge is 0.264 e. The van der Waals surface area contributed by atoms with E-state index in [4.69, 9.17) is 18.9 Å². The topological polar surface area (TPSA) is 200 Å². The summed E-state index contributed by atoms with van der Waals surface area (Å²) in [6.45, 7) is 2.29. The second-order valence-electron chi connectivity index (χ2n) is 13.6. The van der Waals surface area contributed by atoms with Gasteiger partial charge >= 0.3 is 0 Å². The molecule has 0 saturated carbocycles. The Morgan fingerprint density at radius 3 is 2.35 bits per heavy atom. The number of piperidine rings is 1. The lowest BCUT2D eigenvalue weighted by Gasteiger charge is -2.27. The van der Waals surface area contributed by atoms with Crippen LogP contribution in [0.3, 0.4) is 0 Å². The van der Waals surface area contributed by atoms with E-state index in [0.717, 1.165) is 27.0 Å². The minimum Gasteiger partial charge on any atom is -0.496 e. The van der Waals surface area contributed by atoms with Crippen molar-refractivity contribution >= 4 is 46.0 Å². The van der Waals surface area contributed by atoms with Gasteiger partial charge in [0.25, 0.3) is 17.4 Å². The normalized spacial score (nSPS) is 15.2. The third-order valence-electron chi connectivity index (χ3n) is 9.72. The van der Waals surface area contributed by atoms with Gasteiger partial charge in [0, 0.05) is 62.9 Å². The summed E-state index contributed by atoms with van der Waals surface area (Å²) in [5.74, 6) is -1.28. The number of hydrogen-bond donors (Lipinski definition) is 3. The third kappa shape index (κ3) is 8.95. The summed E-state index contributed by atoms with van der Waals surface area (Å²) in [7, 11) is 6.66. The number of aryl methyl sites for hydroxylation is 1. The molecule has 0 bridgehead atoms. The Balaban J connectivity index is 0.901. The standard InChI is InChI=1S/C40H45N7O10/c1-45(21-29-32(54-3)18-24(19-33(29)55-4)28-22-46(2)38(51)27-20-41-11-10-25(27)28)23-35(49)43-13-15-57-17-16-56-14-12-42-30-7-5-6-26-36(30)40(53)47(39(26)52)31-8-9-34(48)44-37(31)50/h5-7,10-11,18-20,22,31,42H,8-9,12-17,21,23H2,1-4H3,(H,43,49)(H,44,48,50). The van der Waals surface area contributed by atoms with Gasteiger partial charge in [-0.25, -0.2) is 0 Å². The molecule has 300 valence electrons. The molecule has 17 heteroatoms. The van der Waals surface area contributed by atoms with Crippen molar-refractivity contribution in [2.24, 2.45) is 7.05 Å². The van der Waals surface area contributed by atoms with E-state index in [1.54, 1.807) is 52.0 Å². The van der Waals surface area contributed by atoms with E-state index in [1.807, 2.05) is 30.1 Å². The summed E-state index contributed by atoms with van der Waals surface area (Å²) < 4.78 is 24.3. The maximum atomic E-state index is 13.2. The zero-order valence-corrected chi connectivity index (χ0v) is 32.2. The van der Waals surface area contributed by atoms with Gasteiger partial charge < -0.3 is 34.1 Å². The second-order valence-corrected chi connectivity index (χ2v) is 13.6. The molecule has 2 aliphatic rings. The largest absolute Gasteiger partial charge is 0.496 e. The molecule has 4 aromatic rings. The number of carbonyl (C=O) groups is 5. The van der Waals surface area contributed by atoms with Gasteiger partial charge in [-0.05, 0) is 54.8 Å². The molecule has 4 heterocycles. The van der Waals surface area contributed by atoms with E-state index in [1.165, 1.54) is 10.6 Å². The van der Waals surface area contributed by atoms with Crippen LogP contribution < -0.4 is 31.0 Å². The Morgan fingerprint density at radius 1 is 0.930 bits per heavy atom. The minimum absolute atomic E-state index is 0.0477. The van der Waals surface area contributed by atoms with Crippen LogP contribution in [0, 0.1) is 0 Å². The van der Waals surface area contributed by atoms with Gasteiger partial charge in [0.15, 0.2) is 0 Å². The van der Waals surface area contributed by atoms with Crippen LogP contribution in [0.5, 0.6) is 11.5 Å². The quantitative estimate of drug-likeness (QED) is 0.0975. The molecule has 0 aliphatic carbocycles. The van der Waals surface area contributed by atoms with Crippen molar-refractivity contribution in [1.29, 1.82) is 0 Å². The summed E-state index contributed by atoms with van der Waals surface area (Å²) in [4.78, 5) is 82.5. The van der Waals surface area contributed by atoms with E-state index in [2.05, 4.69) is 20.9 Å². The fourth-order valence-electron chi connectivity index (χ4n) is 6.97. The molecule has 3 N–H and O–H groups in total. The third-order valence-corrected chi connectivity index (χ3v) is 9.72. The Bertz CT molecular complexity index is 2230. The van der Waals surface area contributed by atoms with Crippen LogP contribution in [0.2, 0.25) is 0 Å². The molecule has 5 amide bonds. The monoisotopic (exact) mass is 783 g/mol. The van der Waals surface area contributed by atoms with Crippen molar-refractivity contribution in [1.82, 2.24) is 30.0 Å². The van der Waals surface area contributed by atoms with Crippen LogP contribution >= 0.6 is 0 Å². The number of rotatable bonds is 18. The lowest BCUT2D eigenvalue weighted by molar-refractivity contribution is -0.136. The average molecular weight is 784 g/mol. The van der Waals surface area contributed by atoms with E-state index in [-0.39, 0.29) is 55.2 Å². The van der Waals surface area contributed by atoms with Gasteiger partial charge in [-0.15, -0.1) is 0 Å². The molecule has 0 spiro atoms. The van der Waals surface area contributed by atoms with Gasteiger partial charge in [-0.3, -0.25) is 48.9 Å². The fraction of sp³-hybridized carbons (Fsp3) is 0.375. The molecule has 1 atom stereocenters. The Morgan fingerprint density at radius 2 is 1.65 bits per heavy atom. The lowest BCUT2D eigenvalue weighted by Crippen LogP contribution is -2.54. The van der Waals surface area contributed by atoms with Crippen LogP contribution in [0.15, 0.2) is 59.8 Å². The number of aromatic nitrogens is 2. The highest BCUT2D eigenvalue weighted by Gasteiger charge is 2.45. The van der Waals surface area contributed by atoms with E-state index in [0.29, 0.717) is 55.4 Å². The number of methoxy groups -OCH3 is 2. The maximum absolute atomic E-state index is 13.2. The fourth-order valence-corrected chi connectivity index (χ4v) is 6.97. The Labute approximate surface area is 328 Å². The summed E-state index contributed by atoms with van der Waals surface area (Å²) in [5.41, 5.74) is 3.07. The number of ether oxygens (including phenoxy) is 4. The number of carbonyl (C=O) groups excluding carboxylic acids is 5. The van der Waals surface area contributed by atoms with Crippen LogP contribution in [0.1, 0.15) is 39.1 Å². The minimum atomic E-state index is -1.04. The van der Waals surface area contributed by atoms with Crippen molar-refractivity contribution in [2.75, 3.05) is 72.6 Å². The molecule has 1 saturated heterocycles. The van der Waals surface area contributed by atoms with Gasteiger partial charge in [-0.2, -0.15) is 0 Å². The summed E-state index contributed by atoms with van der Waals surface area (Å²) >= 11 is 0. The molecule has 0 radical (unpaired) electrons. The molecular weight excluding hydrogens is 738 g/mol. The van der Waals surface area contributed by atoms with Crippen molar-refractivity contribution in [3.05, 3.63) is 82.0 Å². The van der Waals surface area contributed by atoms with E-state index in [9.17, 15) is 28.8 Å². The van der Waals surface area contributed by atoms with Gasteiger partial charge in [-0.1, -0.05) is 6.07 Å². The van der Waals surface area contributed by atoms with Gasteiger partial charge in [0.2, 0.25) is 17.7 Å². The number of hydrogen-bond acceptors (Lipinski definition) is 13. The number of imide groups is 2. The number of likely N-dealkylation sites (N-methyl/N-ethyl adjacent to an activating group) is 1. The molecular formula is C40H45N7O10. The molecule has 6 rings (SSSR count). The molecule has 57 heavy (non-hydrogen) atoms. The predicted octanol–water partition coefficient (Wildman–Crippen LogP) is 1.71. The van der Waals surface area contributed by atoms with Crippen LogP contribution in [-0.4, -0.2) is 122 Å². The predicted molar refractivity (Wildman–Crippen MR) is 208 cm³/mol. The van der Waals surface area contributed by atoms with Crippen molar-refractivity contribution in [3.63, 3.8) is 0 Å². The Kier molecular flexibility index (Phi) is 12.9. The zero-order valence-electron chi connectivity index (χ0n) is 32.2. The maximum Gasteiger partial charge on any atom is 0.264 e. The highest BCUT2D eigenvalue weighted by atomic mass is 16.5. The molecule has 2 aromatic carbocycles. The molecule has 1 fully saturated rings.